The molecule has 0 bridgehead atoms. The van der Waals surface area contributed by atoms with Gasteiger partial charge in [-0.15, -0.1) is 0 Å². The predicted octanol–water partition coefficient (Wildman–Crippen LogP) is 3.04. The van der Waals surface area contributed by atoms with Gasteiger partial charge in [-0.05, 0) is 24.6 Å². The number of nitrogens with zero attached hydrogens (tertiary/aromatic N) is 1. The van der Waals surface area contributed by atoms with Crippen LogP contribution in [0.15, 0.2) is 28.6 Å². The molecule has 0 spiro atoms. The van der Waals surface area contributed by atoms with Crippen LogP contribution < -0.4 is 4.72 Å². The van der Waals surface area contributed by atoms with Crippen molar-refractivity contribution in [1.29, 1.82) is 0 Å². The second-order valence-electron chi connectivity index (χ2n) is 3.52. The Morgan fingerprint density at radius 3 is 2.78 bits per heavy atom. The van der Waals surface area contributed by atoms with Crippen molar-refractivity contribution < 1.29 is 12.8 Å². The molecular formula is C10H8ClFN2O2S2. The number of thiazole rings is 1. The minimum Gasteiger partial charge on any atom is -0.276 e. The molecular weight excluding hydrogens is 299 g/mol. The summed E-state index contributed by atoms with van der Waals surface area (Å²) in [5.74, 6) is -0.639. The van der Waals surface area contributed by atoms with Gasteiger partial charge >= 0.3 is 0 Å². The van der Waals surface area contributed by atoms with Gasteiger partial charge in [-0.1, -0.05) is 29.0 Å². The van der Waals surface area contributed by atoms with Crippen LogP contribution in [0.5, 0.6) is 0 Å². The summed E-state index contributed by atoms with van der Waals surface area (Å²) >= 11 is 6.37. The van der Waals surface area contributed by atoms with Gasteiger partial charge in [0.2, 0.25) is 0 Å². The maximum atomic E-state index is 13.5. The molecule has 0 saturated heterocycles. The predicted molar refractivity (Wildman–Crippen MR) is 69.1 cm³/mol. The van der Waals surface area contributed by atoms with Crippen LogP contribution in [0.3, 0.4) is 0 Å². The van der Waals surface area contributed by atoms with Gasteiger partial charge in [-0.3, -0.25) is 4.72 Å². The fourth-order valence-corrected chi connectivity index (χ4v) is 3.63. The highest BCUT2D eigenvalue weighted by Gasteiger charge is 2.19. The lowest BCUT2D eigenvalue weighted by molar-refractivity contribution is 0.600. The number of halogens is 2. The molecule has 1 aromatic carbocycles. The van der Waals surface area contributed by atoms with E-state index in [0.29, 0.717) is 0 Å². The van der Waals surface area contributed by atoms with Gasteiger partial charge < -0.3 is 0 Å². The first-order valence-corrected chi connectivity index (χ1v) is 7.46. The molecule has 8 heteroatoms. The molecule has 0 atom stereocenters. The zero-order chi connectivity index (χ0) is 13.3. The number of sulfonamides is 1. The molecule has 1 aromatic heterocycles. The van der Waals surface area contributed by atoms with Gasteiger partial charge in [0.15, 0.2) is 8.68 Å². The molecule has 96 valence electrons. The Morgan fingerprint density at radius 1 is 1.44 bits per heavy atom. The fourth-order valence-electron chi connectivity index (χ4n) is 1.28. The Labute approximate surface area is 112 Å². The van der Waals surface area contributed by atoms with E-state index in [1.54, 1.807) is 13.0 Å². The molecule has 0 aliphatic heterocycles. The average Bonchev–Trinajstić information content (AvgIpc) is 2.71. The monoisotopic (exact) mass is 306 g/mol. The number of nitrogens with one attached hydrogen (secondary N) is 1. The van der Waals surface area contributed by atoms with Crippen molar-refractivity contribution in [3.63, 3.8) is 0 Å². The van der Waals surface area contributed by atoms with Crippen molar-refractivity contribution in [1.82, 2.24) is 4.98 Å². The number of rotatable bonds is 3. The van der Waals surface area contributed by atoms with Crippen LogP contribution in [0, 0.1) is 12.7 Å². The summed E-state index contributed by atoms with van der Waals surface area (Å²) in [6.07, 6.45) is 1.13. The highest BCUT2D eigenvalue weighted by molar-refractivity contribution is 7.94. The van der Waals surface area contributed by atoms with E-state index in [4.69, 9.17) is 11.6 Å². The minimum atomic E-state index is -3.85. The summed E-state index contributed by atoms with van der Waals surface area (Å²) in [5.41, 5.74) is 0.649. The van der Waals surface area contributed by atoms with E-state index in [1.165, 1.54) is 12.1 Å². The van der Waals surface area contributed by atoms with Gasteiger partial charge in [-0.25, -0.2) is 17.8 Å². The minimum absolute atomic E-state index is 0.0617. The largest absolute Gasteiger partial charge is 0.276 e. The van der Waals surface area contributed by atoms with Gasteiger partial charge in [0.25, 0.3) is 10.0 Å². The van der Waals surface area contributed by atoms with Gasteiger partial charge in [0, 0.05) is 0 Å². The summed E-state index contributed by atoms with van der Waals surface area (Å²) in [5, 5.41) is 0. The molecule has 0 amide bonds. The zero-order valence-electron chi connectivity index (χ0n) is 9.15. The van der Waals surface area contributed by atoms with Crippen molar-refractivity contribution in [3.05, 3.63) is 40.2 Å². The maximum Gasteiger partial charge on any atom is 0.273 e. The number of aryl methyl sites for hydroxylation is 1. The number of hydrogen-bond acceptors (Lipinski definition) is 4. The molecule has 4 nitrogen and oxygen atoms in total. The first-order chi connectivity index (χ1) is 8.38. The maximum absolute atomic E-state index is 13.5. The number of aromatic nitrogens is 1. The van der Waals surface area contributed by atoms with Crippen LogP contribution in [-0.2, 0) is 10.0 Å². The fraction of sp³-hybridized carbons (Fsp3) is 0.100. The van der Waals surface area contributed by atoms with E-state index in [9.17, 15) is 12.8 Å². The molecule has 0 fully saturated rings. The van der Waals surface area contributed by atoms with Crippen LogP contribution >= 0.6 is 22.9 Å². The lowest BCUT2D eigenvalue weighted by Gasteiger charge is -2.07. The zero-order valence-corrected chi connectivity index (χ0v) is 11.5. The van der Waals surface area contributed by atoms with Gasteiger partial charge in [0.1, 0.15) is 5.82 Å². The van der Waals surface area contributed by atoms with Crippen LogP contribution in [0.1, 0.15) is 5.56 Å². The molecule has 0 radical (unpaired) electrons. The van der Waals surface area contributed by atoms with Crippen molar-refractivity contribution >= 4 is 38.6 Å². The smallest absolute Gasteiger partial charge is 0.273 e. The van der Waals surface area contributed by atoms with E-state index in [-0.39, 0.29) is 14.4 Å². The first-order valence-electron chi connectivity index (χ1n) is 4.79. The topological polar surface area (TPSA) is 59.1 Å². The summed E-state index contributed by atoms with van der Waals surface area (Å²) in [4.78, 5) is 3.64. The van der Waals surface area contributed by atoms with Gasteiger partial charge in [0.05, 0.1) is 11.9 Å². The third-order valence-corrected chi connectivity index (χ3v) is 5.03. The molecule has 0 aliphatic carbocycles. The molecule has 18 heavy (non-hydrogen) atoms. The number of anilines is 1. The molecule has 0 unspecified atom stereocenters. The molecule has 0 saturated carbocycles. The highest BCUT2D eigenvalue weighted by atomic mass is 35.5. The molecule has 2 aromatic rings. The highest BCUT2D eigenvalue weighted by Crippen LogP contribution is 2.25. The van der Waals surface area contributed by atoms with Gasteiger partial charge in [-0.2, -0.15) is 0 Å². The lowest BCUT2D eigenvalue weighted by atomic mass is 10.2. The summed E-state index contributed by atoms with van der Waals surface area (Å²) in [6, 6.07) is 4.17. The van der Waals surface area contributed by atoms with Crippen molar-refractivity contribution in [2.75, 3.05) is 4.72 Å². The van der Waals surface area contributed by atoms with Crippen molar-refractivity contribution in [2.45, 2.75) is 11.1 Å². The second kappa shape index (κ2) is 4.83. The first kappa shape index (κ1) is 13.3. The van der Waals surface area contributed by atoms with Crippen LogP contribution in [0.4, 0.5) is 10.1 Å². The van der Waals surface area contributed by atoms with E-state index in [1.807, 2.05) is 0 Å². The summed E-state index contributed by atoms with van der Waals surface area (Å²) in [6.45, 7) is 1.74. The SMILES string of the molecule is Cc1ccc(F)c(NS(=O)(=O)c2cnc(Cl)s2)c1. The molecule has 1 heterocycles. The van der Waals surface area contributed by atoms with E-state index >= 15 is 0 Å². The third kappa shape index (κ3) is 2.80. The summed E-state index contributed by atoms with van der Waals surface area (Å²) < 4.78 is 39.5. The van der Waals surface area contributed by atoms with Crippen LogP contribution in [0.2, 0.25) is 4.47 Å². The Balaban J connectivity index is 2.36. The molecule has 1 N–H and O–H groups in total. The Bertz CT molecular complexity index is 685. The van der Waals surface area contributed by atoms with Crippen LogP contribution in [-0.4, -0.2) is 13.4 Å². The Kier molecular flexibility index (Phi) is 3.56. The molecule has 2 rings (SSSR count). The molecule has 0 aliphatic rings. The van der Waals surface area contributed by atoms with Crippen molar-refractivity contribution in [3.8, 4) is 0 Å². The lowest BCUT2D eigenvalue weighted by Crippen LogP contribution is -2.12. The van der Waals surface area contributed by atoms with E-state index in [2.05, 4.69) is 9.71 Å². The van der Waals surface area contributed by atoms with Crippen LogP contribution in [0.25, 0.3) is 0 Å². The number of hydrogen-bond donors (Lipinski definition) is 1. The standard InChI is InChI=1S/C10H8ClFN2O2S2/c1-6-2-3-7(12)8(4-6)14-18(15,16)9-5-13-10(11)17-9/h2-5,14H,1H3. The quantitative estimate of drug-likeness (QED) is 0.948. The Hall–Kier alpha value is -1.18. The Morgan fingerprint density at radius 2 is 2.17 bits per heavy atom. The third-order valence-electron chi connectivity index (χ3n) is 2.09. The van der Waals surface area contributed by atoms with E-state index in [0.717, 1.165) is 23.1 Å². The number of benzene rings is 1. The van der Waals surface area contributed by atoms with E-state index < -0.39 is 15.8 Å². The second-order valence-corrected chi connectivity index (χ2v) is 7.04. The average molecular weight is 307 g/mol. The summed E-state index contributed by atoms with van der Waals surface area (Å²) in [7, 11) is -3.85. The van der Waals surface area contributed by atoms with Crippen molar-refractivity contribution in [2.24, 2.45) is 0 Å². The normalized spacial score (nSPS) is 11.5.